The fraction of sp³-hybridized carbons (Fsp3) is 0.0172. The Hall–Kier alpha value is -8.21. The Morgan fingerprint density at radius 3 is 1.60 bits per heavy atom. The van der Waals surface area contributed by atoms with E-state index in [1.807, 2.05) is 48.5 Å². The lowest BCUT2D eigenvalue weighted by Crippen LogP contribution is -2.28. The van der Waals surface area contributed by atoms with Crippen molar-refractivity contribution in [3.63, 3.8) is 0 Å². The number of hydrogen-bond donors (Lipinski definition) is 0. The highest BCUT2D eigenvalue weighted by Crippen LogP contribution is 2.58. The Morgan fingerprint density at radius 1 is 0.323 bits per heavy atom. The van der Waals surface area contributed by atoms with Gasteiger partial charge in [0.1, 0.15) is 11.2 Å². The lowest BCUT2D eigenvalue weighted by molar-refractivity contribution is 0.669. The maximum atomic E-state index is 6.63. The van der Waals surface area contributed by atoms with Crippen LogP contribution >= 0.6 is 0 Å². The van der Waals surface area contributed by atoms with Gasteiger partial charge in [-0.25, -0.2) is 15.0 Å². The summed E-state index contributed by atoms with van der Waals surface area (Å²) in [5.41, 5.74) is 15.9. The van der Waals surface area contributed by atoms with Crippen LogP contribution in [-0.2, 0) is 5.41 Å². The average Bonchev–Trinajstić information content (AvgIpc) is 3.89. The monoisotopic (exact) mass is 791 g/mol. The molecule has 0 amide bonds. The largest absolute Gasteiger partial charge is 0.456 e. The molecule has 0 atom stereocenters. The molecule has 12 rings (SSSR count). The Balaban J connectivity index is 1.06. The van der Waals surface area contributed by atoms with Crippen LogP contribution in [0.15, 0.2) is 229 Å². The number of benzene rings is 9. The predicted molar refractivity (Wildman–Crippen MR) is 252 cm³/mol. The summed E-state index contributed by atoms with van der Waals surface area (Å²) >= 11 is 0. The molecule has 0 aliphatic heterocycles. The number of nitrogens with zero attached hydrogens (tertiary/aromatic N) is 3. The summed E-state index contributed by atoms with van der Waals surface area (Å²) in [6.07, 6.45) is 0. The molecule has 0 radical (unpaired) electrons. The first-order valence-electron chi connectivity index (χ1n) is 21.0. The average molecular weight is 792 g/mol. The molecule has 4 heteroatoms. The van der Waals surface area contributed by atoms with E-state index in [-0.39, 0.29) is 0 Å². The normalized spacial score (nSPS) is 12.6. The van der Waals surface area contributed by atoms with Gasteiger partial charge in [-0.05, 0) is 79.9 Å². The van der Waals surface area contributed by atoms with Crippen LogP contribution in [0.5, 0.6) is 0 Å². The van der Waals surface area contributed by atoms with E-state index < -0.39 is 5.41 Å². The molecule has 11 aromatic rings. The summed E-state index contributed by atoms with van der Waals surface area (Å²) in [6, 6.07) is 79.3. The summed E-state index contributed by atoms with van der Waals surface area (Å²) in [6.45, 7) is 0. The van der Waals surface area contributed by atoms with E-state index in [4.69, 9.17) is 19.4 Å². The molecule has 0 saturated carbocycles. The molecule has 2 heterocycles. The zero-order valence-corrected chi connectivity index (χ0v) is 33.6. The van der Waals surface area contributed by atoms with E-state index in [1.54, 1.807) is 0 Å². The minimum atomic E-state index is -0.489. The maximum Gasteiger partial charge on any atom is 0.164 e. The molecule has 1 aliphatic rings. The smallest absolute Gasteiger partial charge is 0.164 e. The summed E-state index contributed by atoms with van der Waals surface area (Å²) < 4.78 is 6.63. The van der Waals surface area contributed by atoms with Gasteiger partial charge in [0.05, 0.1) is 5.41 Å². The topological polar surface area (TPSA) is 51.8 Å². The third kappa shape index (κ3) is 5.65. The molecule has 0 saturated heterocycles. The first-order valence-corrected chi connectivity index (χ1v) is 21.0. The first kappa shape index (κ1) is 35.7. The van der Waals surface area contributed by atoms with Crippen molar-refractivity contribution in [1.82, 2.24) is 15.0 Å². The summed E-state index contributed by atoms with van der Waals surface area (Å²) in [7, 11) is 0. The Morgan fingerprint density at radius 2 is 0.855 bits per heavy atom. The summed E-state index contributed by atoms with van der Waals surface area (Å²) in [4.78, 5) is 15.5. The lowest BCUT2D eigenvalue weighted by atomic mass is 9.67. The van der Waals surface area contributed by atoms with Crippen LogP contribution in [0.1, 0.15) is 22.3 Å². The molecule has 0 N–H and O–H groups in total. The van der Waals surface area contributed by atoms with Crippen LogP contribution in [0.4, 0.5) is 0 Å². The highest BCUT2D eigenvalue weighted by atomic mass is 16.3. The van der Waals surface area contributed by atoms with Crippen molar-refractivity contribution < 1.29 is 4.42 Å². The van der Waals surface area contributed by atoms with E-state index in [1.165, 1.54) is 38.9 Å². The van der Waals surface area contributed by atoms with Crippen molar-refractivity contribution in [1.29, 1.82) is 0 Å². The van der Waals surface area contributed by atoms with Gasteiger partial charge in [0, 0.05) is 27.5 Å². The lowest BCUT2D eigenvalue weighted by Gasteiger charge is -2.34. The molecule has 1 aliphatic carbocycles. The van der Waals surface area contributed by atoms with E-state index in [0.29, 0.717) is 17.5 Å². The van der Waals surface area contributed by atoms with Crippen molar-refractivity contribution in [2.24, 2.45) is 0 Å². The van der Waals surface area contributed by atoms with Crippen molar-refractivity contribution >= 4 is 21.9 Å². The molecule has 0 spiro atoms. The quantitative estimate of drug-likeness (QED) is 0.161. The fourth-order valence-corrected chi connectivity index (χ4v) is 9.72. The van der Waals surface area contributed by atoms with Gasteiger partial charge in [-0.2, -0.15) is 0 Å². The van der Waals surface area contributed by atoms with Gasteiger partial charge in [0.2, 0.25) is 0 Å². The van der Waals surface area contributed by atoms with Crippen LogP contribution < -0.4 is 0 Å². The van der Waals surface area contributed by atoms with Gasteiger partial charge >= 0.3 is 0 Å². The van der Waals surface area contributed by atoms with Gasteiger partial charge in [0.15, 0.2) is 17.5 Å². The predicted octanol–water partition coefficient (Wildman–Crippen LogP) is 14.5. The highest BCUT2D eigenvalue weighted by molar-refractivity contribution is 6.13. The molecule has 62 heavy (non-hydrogen) atoms. The van der Waals surface area contributed by atoms with Gasteiger partial charge in [-0.3, -0.25) is 0 Å². The van der Waals surface area contributed by atoms with Crippen LogP contribution in [0, 0.1) is 0 Å². The number of fused-ring (bicyclic) bond motifs is 6. The first-order chi connectivity index (χ1) is 30.7. The van der Waals surface area contributed by atoms with Crippen LogP contribution in [0.2, 0.25) is 0 Å². The van der Waals surface area contributed by atoms with E-state index >= 15 is 0 Å². The summed E-state index contributed by atoms with van der Waals surface area (Å²) in [5, 5.41) is 1.97. The Kier molecular flexibility index (Phi) is 8.36. The second kappa shape index (κ2) is 14.5. The number of furan rings is 1. The minimum absolute atomic E-state index is 0.489. The third-order valence-electron chi connectivity index (χ3n) is 12.4. The summed E-state index contributed by atoms with van der Waals surface area (Å²) in [5.74, 6) is 1.80. The number of rotatable bonds is 7. The van der Waals surface area contributed by atoms with Gasteiger partial charge in [-0.1, -0.05) is 200 Å². The highest BCUT2D eigenvalue weighted by Gasteiger charge is 2.46. The van der Waals surface area contributed by atoms with Crippen LogP contribution in [0.25, 0.3) is 89.5 Å². The molecule has 0 bridgehead atoms. The van der Waals surface area contributed by atoms with Gasteiger partial charge in [0.25, 0.3) is 0 Å². The van der Waals surface area contributed by atoms with E-state index in [9.17, 15) is 0 Å². The van der Waals surface area contributed by atoms with E-state index in [2.05, 4.69) is 176 Å². The van der Waals surface area contributed by atoms with Crippen molar-refractivity contribution in [3.05, 3.63) is 247 Å². The van der Waals surface area contributed by atoms with Gasteiger partial charge < -0.3 is 4.42 Å². The second-order valence-corrected chi connectivity index (χ2v) is 15.9. The molecular weight excluding hydrogens is 755 g/mol. The Labute approximate surface area is 359 Å². The molecule has 4 nitrogen and oxygen atoms in total. The molecule has 290 valence electrons. The molecule has 0 unspecified atom stereocenters. The zero-order valence-electron chi connectivity index (χ0n) is 33.6. The van der Waals surface area contributed by atoms with Crippen molar-refractivity contribution in [2.45, 2.75) is 5.41 Å². The van der Waals surface area contributed by atoms with Crippen molar-refractivity contribution in [3.8, 4) is 67.5 Å². The van der Waals surface area contributed by atoms with Crippen LogP contribution in [0.3, 0.4) is 0 Å². The molecular formula is C58H37N3O. The Bertz CT molecular complexity index is 3410. The number of hydrogen-bond acceptors (Lipinski definition) is 4. The third-order valence-corrected chi connectivity index (χ3v) is 12.4. The maximum absolute atomic E-state index is 6.63. The molecule has 2 aromatic heterocycles. The fourth-order valence-electron chi connectivity index (χ4n) is 9.72. The standard InChI is InChI=1S/C58H37N3O/c1-5-18-38(19-6-1)40-22-15-23-42(36-40)56-59-55(39-20-7-2-8-21-39)60-57(61-56)47-30-17-33-52-54(47)48-37-41(34-35-51(48)62-52)45-29-16-32-50-53(45)46-28-13-14-31-49(46)58(50,43-24-9-3-10-25-43)44-26-11-4-12-27-44/h1-37H. The van der Waals surface area contributed by atoms with Crippen LogP contribution in [-0.4, -0.2) is 15.0 Å². The zero-order chi connectivity index (χ0) is 41.0. The van der Waals surface area contributed by atoms with E-state index in [0.717, 1.165) is 55.3 Å². The van der Waals surface area contributed by atoms with Gasteiger partial charge in [-0.15, -0.1) is 0 Å². The SMILES string of the molecule is c1ccc(-c2cccc(-c3nc(-c4ccccc4)nc(-c4cccc5oc6ccc(-c7cccc8c7-c7ccccc7C8(c7ccccc7)c7ccccc7)cc6c45)n3)c2)cc1. The molecule has 0 fully saturated rings. The second-order valence-electron chi connectivity index (χ2n) is 15.9. The number of aromatic nitrogens is 3. The molecule has 9 aromatic carbocycles. The van der Waals surface area contributed by atoms with Crippen molar-refractivity contribution in [2.75, 3.05) is 0 Å². The minimum Gasteiger partial charge on any atom is -0.456 e.